The minimum absolute atomic E-state index is 0.103. The number of amides is 1. The van der Waals surface area contributed by atoms with E-state index in [2.05, 4.69) is 4.98 Å². The molecule has 2 heterocycles. The molecule has 22 heavy (non-hydrogen) atoms. The summed E-state index contributed by atoms with van der Waals surface area (Å²) in [6.07, 6.45) is 3.43. The minimum Gasteiger partial charge on any atom is -0.269 e. The lowest BCUT2D eigenvalue weighted by molar-refractivity contribution is -0.113. The third-order valence-electron chi connectivity index (χ3n) is 2.97. The molecule has 0 radical (unpaired) electrons. The zero-order chi connectivity index (χ0) is 15.4. The molecule has 2 aromatic heterocycles. The molecule has 1 amide bonds. The van der Waals surface area contributed by atoms with Crippen LogP contribution in [0.4, 0.5) is 10.8 Å². The third-order valence-corrected chi connectivity index (χ3v) is 4.75. The Morgan fingerprint density at radius 1 is 1.14 bits per heavy atom. The van der Waals surface area contributed by atoms with Crippen molar-refractivity contribution in [3.63, 3.8) is 0 Å². The maximum absolute atomic E-state index is 12.7. The van der Waals surface area contributed by atoms with Crippen LogP contribution >= 0.6 is 22.7 Å². The lowest BCUT2D eigenvalue weighted by Gasteiger charge is -2.18. The molecule has 0 bridgehead atoms. The van der Waals surface area contributed by atoms with Gasteiger partial charge >= 0.3 is 0 Å². The summed E-state index contributed by atoms with van der Waals surface area (Å²) in [4.78, 5) is 19.8. The van der Waals surface area contributed by atoms with Crippen LogP contribution in [-0.2, 0) is 4.79 Å². The first-order valence-electron chi connectivity index (χ1n) is 6.77. The van der Waals surface area contributed by atoms with Crippen molar-refractivity contribution in [3.8, 4) is 0 Å². The van der Waals surface area contributed by atoms with Gasteiger partial charge in [0.25, 0.3) is 5.91 Å². The average Bonchev–Trinajstić information content (AvgIpc) is 3.18. The Labute approximate surface area is 137 Å². The van der Waals surface area contributed by atoms with E-state index in [-0.39, 0.29) is 5.91 Å². The summed E-state index contributed by atoms with van der Waals surface area (Å²) in [5.74, 6) is -0.103. The predicted molar refractivity (Wildman–Crippen MR) is 93.8 cm³/mol. The van der Waals surface area contributed by atoms with Crippen molar-refractivity contribution < 1.29 is 4.79 Å². The number of carbonyl (C=O) groups is 1. The monoisotopic (exact) mass is 326 g/mol. The van der Waals surface area contributed by atoms with Gasteiger partial charge in [0.15, 0.2) is 5.13 Å². The Bertz CT molecular complexity index is 776. The molecule has 5 heteroatoms. The van der Waals surface area contributed by atoms with E-state index in [0.29, 0.717) is 5.13 Å². The fraction of sp³-hybridized carbons (Fsp3) is 0.0588. The minimum atomic E-state index is -0.103. The molecular formula is C17H14N2OS2. The number of rotatable bonds is 4. The first kappa shape index (κ1) is 14.7. The van der Waals surface area contributed by atoms with Gasteiger partial charge in [-0.3, -0.25) is 9.69 Å². The van der Waals surface area contributed by atoms with Crippen LogP contribution in [0.5, 0.6) is 0 Å². The van der Waals surface area contributed by atoms with Crippen molar-refractivity contribution in [1.29, 1.82) is 0 Å². The second-order valence-corrected chi connectivity index (χ2v) is 6.45. The SMILES string of the molecule is Cc1csc(N(C(=O)C=Cc2cccs2)c2ccccc2)n1. The summed E-state index contributed by atoms with van der Waals surface area (Å²) in [6.45, 7) is 1.93. The number of hydrogen-bond acceptors (Lipinski definition) is 4. The van der Waals surface area contributed by atoms with Crippen LogP contribution in [0.3, 0.4) is 0 Å². The van der Waals surface area contributed by atoms with Gasteiger partial charge in [0.1, 0.15) is 0 Å². The fourth-order valence-corrected chi connectivity index (χ4v) is 3.41. The first-order chi connectivity index (χ1) is 10.7. The van der Waals surface area contributed by atoms with Crippen LogP contribution in [0, 0.1) is 6.92 Å². The van der Waals surface area contributed by atoms with Crippen molar-refractivity contribution in [2.45, 2.75) is 6.92 Å². The molecule has 0 saturated heterocycles. The number of benzene rings is 1. The Kier molecular flexibility index (Phi) is 4.46. The molecule has 0 unspecified atom stereocenters. The molecule has 3 aromatic rings. The lowest BCUT2D eigenvalue weighted by atomic mass is 10.3. The van der Waals surface area contributed by atoms with E-state index in [1.54, 1.807) is 22.3 Å². The number of hydrogen-bond donors (Lipinski definition) is 0. The predicted octanol–water partition coefficient (Wildman–Crippen LogP) is 4.89. The van der Waals surface area contributed by atoms with E-state index in [1.807, 2.05) is 66.2 Å². The van der Waals surface area contributed by atoms with Gasteiger partial charge in [0, 0.05) is 16.3 Å². The number of carbonyl (C=O) groups excluding carboxylic acids is 1. The maximum atomic E-state index is 12.7. The van der Waals surface area contributed by atoms with Gasteiger partial charge in [-0.1, -0.05) is 24.3 Å². The molecule has 0 saturated carbocycles. The van der Waals surface area contributed by atoms with Crippen molar-refractivity contribution in [3.05, 3.63) is 69.9 Å². The first-order valence-corrected chi connectivity index (χ1v) is 8.53. The third kappa shape index (κ3) is 3.32. The maximum Gasteiger partial charge on any atom is 0.257 e. The van der Waals surface area contributed by atoms with Crippen LogP contribution in [0.15, 0.2) is 59.3 Å². The van der Waals surface area contributed by atoms with Gasteiger partial charge in [-0.25, -0.2) is 4.98 Å². The largest absolute Gasteiger partial charge is 0.269 e. The Balaban J connectivity index is 1.93. The molecule has 0 aliphatic carbocycles. The van der Waals surface area contributed by atoms with Gasteiger partial charge in [-0.2, -0.15) is 0 Å². The summed E-state index contributed by atoms with van der Waals surface area (Å²) >= 11 is 3.07. The summed E-state index contributed by atoms with van der Waals surface area (Å²) in [6, 6.07) is 13.5. The smallest absolute Gasteiger partial charge is 0.257 e. The Hall–Kier alpha value is -2.24. The quantitative estimate of drug-likeness (QED) is 0.639. The van der Waals surface area contributed by atoms with Crippen molar-refractivity contribution in [1.82, 2.24) is 4.98 Å². The van der Waals surface area contributed by atoms with Crippen molar-refractivity contribution >= 4 is 45.5 Å². The van der Waals surface area contributed by atoms with Crippen molar-refractivity contribution in [2.75, 3.05) is 4.90 Å². The second-order valence-electron chi connectivity index (χ2n) is 4.63. The van der Waals surface area contributed by atoms with E-state index in [0.717, 1.165) is 16.3 Å². The van der Waals surface area contributed by atoms with E-state index >= 15 is 0 Å². The molecular weight excluding hydrogens is 312 g/mol. The summed E-state index contributed by atoms with van der Waals surface area (Å²) in [5, 5.41) is 4.62. The van der Waals surface area contributed by atoms with Gasteiger partial charge in [0.2, 0.25) is 0 Å². The van der Waals surface area contributed by atoms with Crippen LogP contribution < -0.4 is 4.90 Å². The number of anilines is 2. The lowest BCUT2D eigenvalue weighted by Crippen LogP contribution is -2.23. The summed E-state index contributed by atoms with van der Waals surface area (Å²) in [7, 11) is 0. The van der Waals surface area contributed by atoms with E-state index in [9.17, 15) is 4.79 Å². The molecule has 0 fully saturated rings. The molecule has 0 aliphatic rings. The van der Waals surface area contributed by atoms with Gasteiger partial charge in [0.05, 0.1) is 11.4 Å². The number of thiophene rings is 1. The van der Waals surface area contributed by atoms with Gasteiger partial charge in [-0.05, 0) is 36.6 Å². The summed E-state index contributed by atoms with van der Waals surface area (Å²) in [5.41, 5.74) is 1.73. The molecule has 0 N–H and O–H groups in total. The fourth-order valence-electron chi connectivity index (χ4n) is 1.97. The van der Waals surface area contributed by atoms with E-state index in [1.165, 1.54) is 11.3 Å². The molecule has 3 nitrogen and oxygen atoms in total. The normalized spacial score (nSPS) is 11.0. The number of aryl methyl sites for hydroxylation is 1. The highest BCUT2D eigenvalue weighted by Crippen LogP contribution is 2.29. The molecule has 0 aliphatic heterocycles. The molecule has 0 atom stereocenters. The number of nitrogens with zero attached hydrogens (tertiary/aromatic N) is 2. The Morgan fingerprint density at radius 3 is 2.59 bits per heavy atom. The zero-order valence-corrected chi connectivity index (χ0v) is 13.6. The van der Waals surface area contributed by atoms with Crippen LogP contribution in [0.2, 0.25) is 0 Å². The number of para-hydroxylation sites is 1. The Morgan fingerprint density at radius 2 is 1.95 bits per heavy atom. The van der Waals surface area contributed by atoms with Crippen molar-refractivity contribution in [2.24, 2.45) is 0 Å². The number of thiazole rings is 1. The topological polar surface area (TPSA) is 33.2 Å². The molecule has 3 rings (SSSR count). The number of aromatic nitrogens is 1. The van der Waals surface area contributed by atoms with Crippen LogP contribution in [0.1, 0.15) is 10.6 Å². The average molecular weight is 326 g/mol. The van der Waals surface area contributed by atoms with E-state index < -0.39 is 0 Å². The molecule has 1 aromatic carbocycles. The van der Waals surface area contributed by atoms with Gasteiger partial charge < -0.3 is 0 Å². The zero-order valence-electron chi connectivity index (χ0n) is 12.0. The highest BCUT2D eigenvalue weighted by Gasteiger charge is 2.18. The molecule has 110 valence electrons. The van der Waals surface area contributed by atoms with E-state index in [4.69, 9.17) is 0 Å². The van der Waals surface area contributed by atoms with Gasteiger partial charge in [-0.15, -0.1) is 22.7 Å². The second kappa shape index (κ2) is 6.68. The molecule has 0 spiro atoms. The van der Waals surface area contributed by atoms with Crippen LogP contribution in [0.25, 0.3) is 6.08 Å². The highest BCUT2D eigenvalue weighted by molar-refractivity contribution is 7.14. The van der Waals surface area contributed by atoms with Crippen LogP contribution in [-0.4, -0.2) is 10.9 Å². The highest BCUT2D eigenvalue weighted by atomic mass is 32.1. The summed E-state index contributed by atoms with van der Waals surface area (Å²) < 4.78 is 0. The standard InChI is InChI=1S/C17H14N2OS2/c1-13-12-22-17(18-13)19(14-6-3-2-4-7-14)16(20)10-9-15-8-5-11-21-15/h2-12H,1H3.